The topological polar surface area (TPSA) is 109 Å². The van der Waals surface area contributed by atoms with Gasteiger partial charge in [-0.2, -0.15) is 16.8 Å². The molecule has 0 aromatic rings. The Bertz CT molecular complexity index is 425. The second kappa shape index (κ2) is 20.2. The molecule has 0 bridgehead atoms. The van der Waals surface area contributed by atoms with Crippen LogP contribution in [0.5, 0.6) is 0 Å². The van der Waals surface area contributed by atoms with Crippen molar-refractivity contribution in [3.63, 3.8) is 0 Å². The van der Waals surface area contributed by atoms with Crippen LogP contribution in [0.2, 0.25) is 0 Å². The van der Waals surface area contributed by atoms with Gasteiger partial charge in [-0.05, 0) is 12.8 Å². The van der Waals surface area contributed by atoms with Gasteiger partial charge >= 0.3 is 51.4 Å². The molecule has 0 rings (SSSR count). The summed E-state index contributed by atoms with van der Waals surface area (Å²) in [6.07, 6.45) is 12.3. The average molecular weight is 429 g/mol. The Labute approximate surface area is 199 Å². The van der Waals surface area contributed by atoms with Gasteiger partial charge in [0.05, 0.1) is 11.5 Å². The van der Waals surface area contributed by atoms with Crippen molar-refractivity contribution in [2.24, 2.45) is 0 Å². The van der Waals surface area contributed by atoms with Gasteiger partial charge in [0.2, 0.25) is 0 Å². The number of unbranched alkanes of at least 4 members (excludes halogenated alkanes) is 10. The molecule has 0 aromatic heterocycles. The molecule has 0 atom stereocenters. The van der Waals surface area contributed by atoms with Crippen molar-refractivity contribution in [3.05, 3.63) is 0 Å². The number of hydrogen-bond donors (Lipinski definition) is 2. The first-order valence-electron chi connectivity index (χ1n) is 9.02. The third kappa shape index (κ3) is 37.0. The minimum atomic E-state index is -3.72. The van der Waals surface area contributed by atoms with Crippen molar-refractivity contribution in [3.8, 4) is 0 Å². The van der Waals surface area contributed by atoms with Crippen LogP contribution in [0, 0.1) is 0 Å². The van der Waals surface area contributed by atoms with Gasteiger partial charge in [-0.1, -0.05) is 78.1 Å². The van der Waals surface area contributed by atoms with Crippen molar-refractivity contribution in [2.45, 2.75) is 90.9 Å². The molecule has 0 unspecified atom stereocenters. The molecular formula is C16H37KO6S2. The summed E-state index contributed by atoms with van der Waals surface area (Å²) in [7, 11) is -7.43. The van der Waals surface area contributed by atoms with E-state index in [-0.39, 0.29) is 64.3 Å². The quantitative estimate of drug-likeness (QED) is 0.247. The van der Waals surface area contributed by atoms with Crippen molar-refractivity contribution in [1.29, 1.82) is 0 Å². The molecule has 0 saturated carbocycles. The maximum absolute atomic E-state index is 10.3. The zero-order valence-corrected chi connectivity index (χ0v) is 21.0. The minimum Gasteiger partial charge on any atom is -1.00 e. The van der Waals surface area contributed by atoms with E-state index in [1.165, 1.54) is 38.5 Å². The van der Waals surface area contributed by atoms with Gasteiger partial charge in [0.25, 0.3) is 20.2 Å². The summed E-state index contributed by atoms with van der Waals surface area (Å²) < 4.78 is 57.9. The molecule has 25 heavy (non-hydrogen) atoms. The minimum absolute atomic E-state index is 0. The number of rotatable bonds is 14. The number of hydrogen-bond acceptors (Lipinski definition) is 4. The summed E-state index contributed by atoms with van der Waals surface area (Å²) in [5.41, 5.74) is 0. The van der Waals surface area contributed by atoms with E-state index in [4.69, 9.17) is 9.11 Å². The van der Waals surface area contributed by atoms with Gasteiger partial charge in [0, 0.05) is 0 Å². The van der Waals surface area contributed by atoms with Gasteiger partial charge in [-0.25, -0.2) is 0 Å². The average Bonchev–Trinajstić information content (AvgIpc) is 2.45. The summed E-state index contributed by atoms with van der Waals surface area (Å²) in [6.45, 7) is 4.27. The van der Waals surface area contributed by atoms with Crippen LogP contribution >= 0.6 is 0 Å². The van der Waals surface area contributed by atoms with E-state index in [2.05, 4.69) is 13.8 Å². The molecule has 9 heteroatoms. The van der Waals surface area contributed by atoms with Crippen molar-refractivity contribution in [1.82, 2.24) is 0 Å². The normalized spacial score (nSPS) is 11.4. The maximum Gasteiger partial charge on any atom is 1.00 e. The standard InChI is InChI=1S/2C8H18O3S.K.H/c2*1-2-3-4-5-6-7-8-12(9,10)11;;/h2*2-8H2,1H3,(H,9,10,11);;/q;;+1;-1. The fraction of sp³-hybridized carbons (Fsp3) is 1.00. The third-order valence-electron chi connectivity index (χ3n) is 3.51. The van der Waals surface area contributed by atoms with Crippen LogP contribution in [0.15, 0.2) is 0 Å². The third-order valence-corrected chi connectivity index (χ3v) is 5.12. The Morgan fingerprint density at radius 3 is 1.04 bits per heavy atom. The molecule has 0 amide bonds. The fourth-order valence-electron chi connectivity index (χ4n) is 2.13. The summed E-state index contributed by atoms with van der Waals surface area (Å²) in [5.74, 6) is -0.168. The maximum atomic E-state index is 10.3. The predicted octanol–water partition coefficient (Wildman–Crippen LogP) is 1.59. The van der Waals surface area contributed by atoms with Crippen molar-refractivity contribution in [2.75, 3.05) is 11.5 Å². The van der Waals surface area contributed by atoms with Crippen molar-refractivity contribution < 1.29 is 78.8 Å². The Balaban J connectivity index is -0.000000173. The molecule has 150 valence electrons. The second-order valence-corrected chi connectivity index (χ2v) is 9.25. The molecule has 0 aromatic carbocycles. The molecule has 0 aliphatic rings. The predicted molar refractivity (Wildman–Crippen MR) is 101 cm³/mol. The summed E-state index contributed by atoms with van der Waals surface area (Å²) >= 11 is 0. The molecule has 0 radical (unpaired) electrons. The molecule has 0 aliphatic carbocycles. The fourth-order valence-corrected chi connectivity index (χ4v) is 3.27. The van der Waals surface area contributed by atoms with E-state index in [9.17, 15) is 16.8 Å². The monoisotopic (exact) mass is 428 g/mol. The van der Waals surface area contributed by atoms with Crippen LogP contribution in [-0.2, 0) is 20.2 Å². The van der Waals surface area contributed by atoms with E-state index in [1.807, 2.05) is 0 Å². The molecular weight excluding hydrogens is 391 g/mol. The Morgan fingerprint density at radius 1 is 0.560 bits per heavy atom. The Morgan fingerprint density at radius 2 is 0.800 bits per heavy atom. The Kier molecular flexibility index (Phi) is 25.2. The van der Waals surface area contributed by atoms with Crippen molar-refractivity contribution >= 4 is 20.2 Å². The van der Waals surface area contributed by atoms with Crippen LogP contribution in [0.4, 0.5) is 0 Å². The van der Waals surface area contributed by atoms with E-state index in [0.717, 1.165) is 25.7 Å². The second-order valence-electron chi connectivity index (χ2n) is 6.11. The molecule has 0 fully saturated rings. The smallest absolute Gasteiger partial charge is 1.00 e. The van der Waals surface area contributed by atoms with E-state index >= 15 is 0 Å². The first-order valence-corrected chi connectivity index (χ1v) is 12.2. The molecule has 0 heterocycles. The van der Waals surface area contributed by atoms with Crippen LogP contribution in [0.3, 0.4) is 0 Å². The van der Waals surface area contributed by atoms with Crippen LogP contribution in [0.1, 0.15) is 92.3 Å². The molecule has 0 aliphatic heterocycles. The van der Waals surface area contributed by atoms with Crippen LogP contribution in [0.25, 0.3) is 0 Å². The summed E-state index contributed by atoms with van der Waals surface area (Å²) in [4.78, 5) is 0. The zero-order valence-electron chi connectivity index (χ0n) is 17.2. The Hall–Kier alpha value is 1.46. The van der Waals surface area contributed by atoms with Crippen LogP contribution in [-0.4, -0.2) is 37.4 Å². The largest absolute Gasteiger partial charge is 1.00 e. The van der Waals surface area contributed by atoms with E-state index in [1.54, 1.807) is 0 Å². The first kappa shape index (κ1) is 31.2. The van der Waals surface area contributed by atoms with Crippen LogP contribution < -0.4 is 51.4 Å². The molecule has 6 nitrogen and oxygen atoms in total. The first-order chi connectivity index (χ1) is 11.1. The molecule has 0 saturated heterocycles. The van der Waals surface area contributed by atoms with E-state index in [0.29, 0.717) is 12.8 Å². The summed E-state index contributed by atoms with van der Waals surface area (Å²) in [6, 6.07) is 0. The summed E-state index contributed by atoms with van der Waals surface area (Å²) in [5, 5.41) is 0. The van der Waals surface area contributed by atoms with Gasteiger partial charge in [0.15, 0.2) is 0 Å². The SMILES string of the molecule is CCCCCCCCS(=O)(=O)O.CCCCCCCCS(=O)(=O)O.[H-].[K+]. The van der Waals surface area contributed by atoms with E-state index < -0.39 is 20.2 Å². The van der Waals surface area contributed by atoms with Gasteiger partial charge in [0.1, 0.15) is 0 Å². The van der Waals surface area contributed by atoms with Gasteiger partial charge in [-0.3, -0.25) is 9.11 Å². The van der Waals surface area contributed by atoms with Gasteiger partial charge in [-0.15, -0.1) is 0 Å². The molecule has 0 spiro atoms. The molecule has 2 N–H and O–H groups in total. The van der Waals surface area contributed by atoms with Gasteiger partial charge < -0.3 is 1.43 Å². The zero-order chi connectivity index (χ0) is 18.9.